The maximum Gasteiger partial charge on any atom is 0.446 e. The van der Waals surface area contributed by atoms with Crippen molar-refractivity contribution in [2.24, 2.45) is 0 Å². The summed E-state index contributed by atoms with van der Waals surface area (Å²) < 4.78 is 41.3. The van der Waals surface area contributed by atoms with Crippen molar-refractivity contribution >= 4 is 33.8 Å². The molecule has 0 saturated heterocycles. The van der Waals surface area contributed by atoms with Crippen molar-refractivity contribution in [3.63, 3.8) is 0 Å². The summed E-state index contributed by atoms with van der Waals surface area (Å²) >= 11 is -0.0689. The molecule has 1 aliphatic rings. The smallest absolute Gasteiger partial charge is 0.336 e. The lowest BCUT2D eigenvalue weighted by molar-refractivity contribution is -0.0328. The van der Waals surface area contributed by atoms with Crippen molar-refractivity contribution in [1.29, 1.82) is 0 Å². The predicted octanol–water partition coefficient (Wildman–Crippen LogP) is 10.1. The predicted molar refractivity (Wildman–Crippen MR) is 150 cm³/mol. The lowest BCUT2D eigenvalue weighted by Crippen LogP contribution is -2.09. The second-order valence-corrected chi connectivity index (χ2v) is 9.86. The van der Waals surface area contributed by atoms with Gasteiger partial charge in [-0.2, -0.15) is 13.2 Å². The van der Waals surface area contributed by atoms with Crippen molar-refractivity contribution in [2.75, 3.05) is 0 Å². The van der Waals surface area contributed by atoms with Crippen LogP contribution in [0.1, 0.15) is 62.1 Å². The average Bonchev–Trinajstić information content (AvgIpc) is 3.15. The van der Waals surface area contributed by atoms with E-state index in [2.05, 4.69) is 55.8 Å². The van der Waals surface area contributed by atoms with Crippen molar-refractivity contribution in [3.8, 4) is 0 Å². The molecular formula is C31H34F3NS. The lowest BCUT2D eigenvalue weighted by Gasteiger charge is -2.22. The third-order valence-electron chi connectivity index (χ3n) is 6.36. The molecule has 0 amide bonds. The van der Waals surface area contributed by atoms with Gasteiger partial charge < -0.3 is 4.57 Å². The van der Waals surface area contributed by atoms with Crippen LogP contribution in [0.4, 0.5) is 13.2 Å². The van der Waals surface area contributed by atoms with Crippen LogP contribution in [0.5, 0.6) is 0 Å². The Morgan fingerprint density at radius 2 is 1.81 bits per heavy atom. The van der Waals surface area contributed by atoms with Gasteiger partial charge in [0.25, 0.3) is 0 Å². The van der Waals surface area contributed by atoms with Crippen LogP contribution in [0, 0.1) is 6.92 Å². The summed E-state index contributed by atoms with van der Waals surface area (Å²) in [4.78, 5) is 0.205. The van der Waals surface area contributed by atoms with E-state index in [1.807, 2.05) is 26.8 Å². The van der Waals surface area contributed by atoms with E-state index in [1.54, 1.807) is 18.2 Å². The Morgan fingerprint density at radius 1 is 1.08 bits per heavy atom. The standard InChI is InChI=1S/C29H28F3NS.C2H6/c1-6-8-9-24-19(4)14-20(5)28-27(24)25-15-21(7-2)11-13-26(25)33(28)17-22-16-23(12-10-18(22)3)34-29(30,31)32;1-2/h6,8-13,15-16H,1,5,7,14,17H2,2-4H3;1-2H3/b9-8-;. The monoisotopic (exact) mass is 509 g/mol. The fourth-order valence-electron chi connectivity index (χ4n) is 4.71. The van der Waals surface area contributed by atoms with E-state index in [4.69, 9.17) is 0 Å². The molecule has 0 unspecified atom stereocenters. The molecule has 1 aromatic heterocycles. The molecule has 1 aliphatic carbocycles. The molecule has 1 nitrogen and oxygen atoms in total. The van der Waals surface area contributed by atoms with Gasteiger partial charge in [-0.3, -0.25) is 0 Å². The number of allylic oxidation sites excluding steroid dienone is 6. The van der Waals surface area contributed by atoms with Gasteiger partial charge in [0.05, 0.1) is 5.69 Å². The summed E-state index contributed by atoms with van der Waals surface area (Å²) in [7, 11) is 0. The zero-order valence-electron chi connectivity index (χ0n) is 21.7. The number of fused-ring (bicyclic) bond motifs is 3. The largest absolute Gasteiger partial charge is 0.446 e. The lowest BCUT2D eigenvalue weighted by atomic mass is 9.85. The van der Waals surface area contributed by atoms with Crippen LogP contribution in [0.25, 0.3) is 22.0 Å². The minimum absolute atomic E-state index is 0.0689. The SMILES string of the molecule is C=C/C=C\C1=C(C)CC(=C)c2c1c1cc(CC)ccc1n2Cc1cc(SC(F)(F)F)ccc1C.CC. The van der Waals surface area contributed by atoms with Crippen molar-refractivity contribution in [3.05, 3.63) is 101 Å². The third-order valence-corrected chi connectivity index (χ3v) is 7.08. The summed E-state index contributed by atoms with van der Waals surface area (Å²) in [6.45, 7) is 18.9. The molecule has 0 aliphatic heterocycles. The second kappa shape index (κ2) is 11.4. The van der Waals surface area contributed by atoms with Crippen LogP contribution < -0.4 is 0 Å². The molecule has 0 radical (unpaired) electrons. The second-order valence-electron chi connectivity index (χ2n) is 8.72. The molecule has 36 heavy (non-hydrogen) atoms. The summed E-state index contributed by atoms with van der Waals surface area (Å²) in [6.07, 6.45) is 7.50. The highest BCUT2D eigenvalue weighted by Gasteiger charge is 2.30. The molecule has 1 heterocycles. The minimum Gasteiger partial charge on any atom is -0.336 e. The molecule has 0 saturated carbocycles. The van der Waals surface area contributed by atoms with Crippen LogP contribution in [0.3, 0.4) is 0 Å². The Bertz CT molecular complexity index is 1350. The highest BCUT2D eigenvalue weighted by molar-refractivity contribution is 8.00. The topological polar surface area (TPSA) is 4.93 Å². The fraction of sp³-hybridized carbons (Fsp3) is 0.290. The first-order valence-corrected chi connectivity index (χ1v) is 13.1. The molecular weight excluding hydrogens is 475 g/mol. The number of hydrogen-bond acceptors (Lipinski definition) is 1. The van der Waals surface area contributed by atoms with E-state index in [0.29, 0.717) is 6.54 Å². The minimum atomic E-state index is -4.31. The molecule has 0 spiro atoms. The molecule has 0 fully saturated rings. The number of thioether (sulfide) groups is 1. The third kappa shape index (κ3) is 5.73. The van der Waals surface area contributed by atoms with Gasteiger partial charge in [-0.25, -0.2) is 0 Å². The zero-order valence-corrected chi connectivity index (χ0v) is 22.5. The van der Waals surface area contributed by atoms with Crippen LogP contribution in [-0.4, -0.2) is 10.1 Å². The number of rotatable bonds is 6. The Kier molecular flexibility index (Phi) is 8.78. The summed E-state index contributed by atoms with van der Waals surface area (Å²) in [6, 6.07) is 11.5. The first kappa shape index (κ1) is 27.7. The summed E-state index contributed by atoms with van der Waals surface area (Å²) in [5.74, 6) is 0. The summed E-state index contributed by atoms with van der Waals surface area (Å²) in [5, 5.41) is 1.15. The van der Waals surface area contributed by atoms with Gasteiger partial charge in [0, 0.05) is 27.9 Å². The Hall–Kier alpha value is -2.92. The molecule has 0 atom stereocenters. The number of halogens is 3. The molecule has 0 bridgehead atoms. The van der Waals surface area contributed by atoms with Crippen LogP contribution in [-0.2, 0) is 13.0 Å². The number of alkyl halides is 3. The highest BCUT2D eigenvalue weighted by Crippen LogP contribution is 2.45. The first-order valence-electron chi connectivity index (χ1n) is 12.3. The van der Waals surface area contributed by atoms with Crippen LogP contribution in [0.2, 0.25) is 0 Å². The van der Waals surface area contributed by atoms with E-state index >= 15 is 0 Å². The Balaban J connectivity index is 0.00000176. The maximum atomic E-state index is 13.0. The van der Waals surface area contributed by atoms with Crippen molar-refractivity contribution in [1.82, 2.24) is 4.57 Å². The number of aryl methyl sites for hydroxylation is 2. The Labute approximate surface area is 217 Å². The van der Waals surface area contributed by atoms with Gasteiger partial charge in [0.1, 0.15) is 0 Å². The average molecular weight is 510 g/mol. The summed E-state index contributed by atoms with van der Waals surface area (Å²) in [5.41, 5.74) is 5.48. The Morgan fingerprint density at radius 3 is 2.44 bits per heavy atom. The number of hydrogen-bond donors (Lipinski definition) is 0. The first-order chi connectivity index (χ1) is 17.1. The normalized spacial score (nSPS) is 13.7. The maximum absolute atomic E-state index is 13.0. The molecule has 4 rings (SSSR count). The van der Waals surface area contributed by atoms with Gasteiger partial charge >= 0.3 is 5.51 Å². The van der Waals surface area contributed by atoms with E-state index in [-0.39, 0.29) is 16.7 Å². The molecule has 3 aromatic rings. The fourth-order valence-corrected chi connectivity index (χ4v) is 5.32. The van der Waals surface area contributed by atoms with Gasteiger partial charge in [-0.05, 0) is 90.6 Å². The molecule has 2 aromatic carbocycles. The van der Waals surface area contributed by atoms with E-state index in [9.17, 15) is 13.2 Å². The van der Waals surface area contributed by atoms with Crippen LogP contribution >= 0.6 is 11.8 Å². The highest BCUT2D eigenvalue weighted by atomic mass is 32.2. The molecule has 190 valence electrons. The number of nitrogens with zero attached hydrogens (tertiary/aromatic N) is 1. The van der Waals surface area contributed by atoms with Gasteiger partial charge in [-0.1, -0.05) is 69.9 Å². The number of benzene rings is 2. The van der Waals surface area contributed by atoms with Gasteiger partial charge in [0.2, 0.25) is 0 Å². The van der Waals surface area contributed by atoms with E-state index < -0.39 is 5.51 Å². The van der Waals surface area contributed by atoms with Gasteiger partial charge in [-0.15, -0.1) is 0 Å². The molecule has 0 N–H and O–H groups in total. The van der Waals surface area contributed by atoms with Crippen molar-refractivity contribution < 1.29 is 13.2 Å². The van der Waals surface area contributed by atoms with Gasteiger partial charge in [0.15, 0.2) is 0 Å². The van der Waals surface area contributed by atoms with Crippen LogP contribution in [0.15, 0.2) is 78.3 Å². The van der Waals surface area contributed by atoms with Crippen molar-refractivity contribution in [2.45, 2.75) is 64.4 Å². The zero-order chi connectivity index (χ0) is 26.6. The van der Waals surface area contributed by atoms with E-state index in [0.717, 1.165) is 57.3 Å². The number of aromatic nitrogens is 1. The quantitative estimate of drug-likeness (QED) is 0.236. The van der Waals surface area contributed by atoms with E-state index in [1.165, 1.54) is 17.2 Å². The molecule has 5 heteroatoms.